The van der Waals surface area contributed by atoms with Gasteiger partial charge in [-0.25, -0.2) is 8.78 Å². The smallest absolute Gasteiger partial charge is 0.196 e. The lowest BCUT2D eigenvalue weighted by molar-refractivity contribution is 0.103. The maximum Gasteiger partial charge on any atom is 0.196 e. The van der Waals surface area contributed by atoms with E-state index in [-0.39, 0.29) is 15.6 Å². The van der Waals surface area contributed by atoms with Gasteiger partial charge in [-0.1, -0.05) is 23.7 Å². The van der Waals surface area contributed by atoms with Crippen molar-refractivity contribution >= 4 is 33.3 Å². The van der Waals surface area contributed by atoms with Crippen LogP contribution in [0.4, 0.5) is 8.78 Å². The Morgan fingerprint density at radius 1 is 1.11 bits per heavy atom. The van der Waals surface area contributed by atoms with Gasteiger partial charge in [0, 0.05) is 10.6 Å². The summed E-state index contributed by atoms with van der Waals surface area (Å²) in [4.78, 5) is 12.0. The SMILES string of the molecule is O=C(c1cccc(Cl)c1)c1cc(F)c(Br)cc1F. The molecule has 1 nitrogen and oxygen atoms in total. The van der Waals surface area contributed by atoms with E-state index in [9.17, 15) is 13.6 Å². The van der Waals surface area contributed by atoms with Gasteiger partial charge in [0.15, 0.2) is 5.78 Å². The average molecular weight is 332 g/mol. The molecule has 0 aromatic heterocycles. The molecular formula is C13H6BrClF2O. The predicted octanol–water partition coefficient (Wildman–Crippen LogP) is 4.61. The number of hydrogen-bond donors (Lipinski definition) is 0. The van der Waals surface area contributed by atoms with Gasteiger partial charge in [-0.15, -0.1) is 0 Å². The van der Waals surface area contributed by atoms with Crippen LogP contribution in [0, 0.1) is 11.6 Å². The molecule has 0 aliphatic carbocycles. The Morgan fingerprint density at radius 3 is 2.50 bits per heavy atom. The first-order valence-electron chi connectivity index (χ1n) is 4.94. The number of rotatable bonds is 2. The molecule has 0 radical (unpaired) electrons. The van der Waals surface area contributed by atoms with Crippen LogP contribution in [0.3, 0.4) is 0 Å². The molecule has 0 bridgehead atoms. The number of carbonyl (C=O) groups excluding carboxylic acids is 1. The van der Waals surface area contributed by atoms with Crippen molar-refractivity contribution in [2.45, 2.75) is 0 Å². The zero-order chi connectivity index (χ0) is 13.3. The molecule has 2 aromatic carbocycles. The van der Waals surface area contributed by atoms with Gasteiger partial charge in [-0.2, -0.15) is 0 Å². The van der Waals surface area contributed by atoms with Gasteiger partial charge in [0.25, 0.3) is 0 Å². The van der Waals surface area contributed by atoms with Crippen molar-refractivity contribution in [2.75, 3.05) is 0 Å². The quantitative estimate of drug-likeness (QED) is 0.580. The molecule has 0 heterocycles. The molecule has 0 N–H and O–H groups in total. The van der Waals surface area contributed by atoms with Crippen molar-refractivity contribution in [3.8, 4) is 0 Å². The fourth-order valence-electron chi connectivity index (χ4n) is 1.48. The number of halogens is 4. The minimum absolute atomic E-state index is 0.0253. The Labute approximate surface area is 116 Å². The summed E-state index contributed by atoms with van der Waals surface area (Å²) >= 11 is 8.59. The van der Waals surface area contributed by atoms with Gasteiger partial charge in [-0.3, -0.25) is 4.79 Å². The van der Waals surface area contributed by atoms with Gasteiger partial charge in [0.1, 0.15) is 11.6 Å². The van der Waals surface area contributed by atoms with Crippen LogP contribution < -0.4 is 0 Å². The molecule has 0 aliphatic heterocycles. The summed E-state index contributed by atoms with van der Waals surface area (Å²) in [5.74, 6) is -2.09. The van der Waals surface area contributed by atoms with E-state index in [2.05, 4.69) is 15.9 Å². The molecule has 0 fully saturated rings. The van der Waals surface area contributed by atoms with Crippen molar-refractivity contribution in [1.29, 1.82) is 0 Å². The molecule has 0 atom stereocenters. The molecule has 0 amide bonds. The van der Waals surface area contributed by atoms with Gasteiger partial charge in [-0.05, 0) is 40.2 Å². The first kappa shape index (κ1) is 13.2. The largest absolute Gasteiger partial charge is 0.288 e. The monoisotopic (exact) mass is 330 g/mol. The van der Waals surface area contributed by atoms with Gasteiger partial charge in [0.05, 0.1) is 10.0 Å². The van der Waals surface area contributed by atoms with Crippen molar-refractivity contribution in [1.82, 2.24) is 0 Å². The highest BCUT2D eigenvalue weighted by atomic mass is 79.9. The molecule has 0 saturated heterocycles. The van der Waals surface area contributed by atoms with Gasteiger partial charge in [0.2, 0.25) is 0 Å². The van der Waals surface area contributed by atoms with Crippen LogP contribution in [0.2, 0.25) is 5.02 Å². The second-order valence-corrected chi connectivity index (χ2v) is 4.88. The zero-order valence-corrected chi connectivity index (χ0v) is 11.2. The Kier molecular flexibility index (Phi) is 3.78. The van der Waals surface area contributed by atoms with Crippen molar-refractivity contribution in [3.05, 3.63) is 68.7 Å². The summed E-state index contributed by atoms with van der Waals surface area (Å²) in [5, 5.41) is 0.360. The summed E-state index contributed by atoms with van der Waals surface area (Å²) in [6.07, 6.45) is 0. The summed E-state index contributed by atoms with van der Waals surface area (Å²) in [6, 6.07) is 7.85. The summed E-state index contributed by atoms with van der Waals surface area (Å²) < 4.78 is 26.9. The fourth-order valence-corrected chi connectivity index (χ4v) is 1.99. The Morgan fingerprint density at radius 2 is 1.83 bits per heavy atom. The number of hydrogen-bond acceptors (Lipinski definition) is 1. The molecule has 0 aliphatic rings. The number of ketones is 1. The topological polar surface area (TPSA) is 17.1 Å². The molecular weight excluding hydrogens is 325 g/mol. The van der Waals surface area contributed by atoms with Crippen LogP contribution in [-0.4, -0.2) is 5.78 Å². The normalized spacial score (nSPS) is 10.4. The molecule has 0 saturated carbocycles. The van der Waals surface area contributed by atoms with Crippen LogP contribution >= 0.6 is 27.5 Å². The Balaban J connectivity index is 2.49. The standard InChI is InChI=1S/C13H6BrClF2O/c14-10-6-11(16)9(5-12(10)17)13(18)7-2-1-3-8(15)4-7/h1-6H. The summed E-state index contributed by atoms with van der Waals surface area (Å²) in [6.45, 7) is 0. The first-order chi connectivity index (χ1) is 8.49. The predicted molar refractivity (Wildman–Crippen MR) is 68.9 cm³/mol. The fraction of sp³-hybridized carbons (Fsp3) is 0. The summed E-state index contributed by atoms with van der Waals surface area (Å²) in [7, 11) is 0. The van der Waals surface area contributed by atoms with E-state index in [0.717, 1.165) is 12.1 Å². The number of benzene rings is 2. The lowest BCUT2D eigenvalue weighted by Gasteiger charge is -2.04. The maximum absolute atomic E-state index is 13.6. The van der Waals surface area contributed by atoms with Crippen LogP contribution in [-0.2, 0) is 0 Å². The highest BCUT2D eigenvalue weighted by Gasteiger charge is 2.17. The molecule has 0 unspecified atom stereocenters. The first-order valence-corrected chi connectivity index (χ1v) is 6.11. The summed E-state index contributed by atoms with van der Waals surface area (Å²) in [5.41, 5.74) is -0.110. The highest BCUT2D eigenvalue weighted by molar-refractivity contribution is 9.10. The van der Waals surface area contributed by atoms with Crippen LogP contribution in [0.5, 0.6) is 0 Å². The van der Waals surface area contributed by atoms with Crippen LogP contribution in [0.15, 0.2) is 40.9 Å². The van der Waals surface area contributed by atoms with Crippen molar-refractivity contribution in [2.24, 2.45) is 0 Å². The lowest BCUT2D eigenvalue weighted by Crippen LogP contribution is -2.05. The molecule has 0 spiro atoms. The van der Waals surface area contributed by atoms with E-state index in [1.807, 2.05) is 0 Å². The molecule has 2 aromatic rings. The molecule has 2 rings (SSSR count). The third-order valence-corrected chi connectivity index (χ3v) is 3.18. The third kappa shape index (κ3) is 2.60. The molecule has 92 valence electrons. The third-order valence-electron chi connectivity index (χ3n) is 2.34. The zero-order valence-electron chi connectivity index (χ0n) is 8.88. The number of carbonyl (C=O) groups is 1. The second kappa shape index (κ2) is 5.16. The minimum atomic E-state index is -0.784. The van der Waals surface area contributed by atoms with E-state index in [1.54, 1.807) is 12.1 Å². The average Bonchev–Trinajstić information content (AvgIpc) is 2.33. The van der Waals surface area contributed by atoms with Crippen molar-refractivity contribution < 1.29 is 13.6 Å². The van der Waals surface area contributed by atoms with Crippen LogP contribution in [0.25, 0.3) is 0 Å². The van der Waals surface area contributed by atoms with E-state index >= 15 is 0 Å². The van der Waals surface area contributed by atoms with E-state index in [0.29, 0.717) is 5.02 Å². The molecule has 18 heavy (non-hydrogen) atoms. The van der Waals surface area contributed by atoms with Crippen molar-refractivity contribution in [3.63, 3.8) is 0 Å². The molecule has 5 heteroatoms. The van der Waals surface area contributed by atoms with Gasteiger partial charge < -0.3 is 0 Å². The second-order valence-electron chi connectivity index (χ2n) is 3.59. The van der Waals surface area contributed by atoms with Gasteiger partial charge >= 0.3 is 0 Å². The Bertz CT molecular complexity index is 628. The Hall–Kier alpha value is -1.26. The van der Waals surface area contributed by atoms with E-state index in [1.165, 1.54) is 12.1 Å². The minimum Gasteiger partial charge on any atom is -0.288 e. The lowest BCUT2D eigenvalue weighted by atomic mass is 10.0. The van der Waals surface area contributed by atoms with Crippen LogP contribution in [0.1, 0.15) is 15.9 Å². The maximum atomic E-state index is 13.6. The van der Waals surface area contributed by atoms with E-state index in [4.69, 9.17) is 11.6 Å². The van der Waals surface area contributed by atoms with E-state index < -0.39 is 17.4 Å². The highest BCUT2D eigenvalue weighted by Crippen LogP contribution is 2.22.